The Labute approximate surface area is 182 Å². The Balaban J connectivity index is 1.46. The molecule has 1 aromatic heterocycles. The van der Waals surface area contributed by atoms with Crippen LogP contribution in [0.15, 0.2) is 36.5 Å². The number of carbonyl (C=O) groups is 5. The first-order chi connectivity index (χ1) is 15.4. The van der Waals surface area contributed by atoms with Crippen LogP contribution in [0.2, 0.25) is 0 Å². The van der Waals surface area contributed by atoms with Crippen molar-refractivity contribution in [2.24, 2.45) is 0 Å². The van der Waals surface area contributed by atoms with Gasteiger partial charge in [0.05, 0.1) is 12.2 Å². The van der Waals surface area contributed by atoms with E-state index >= 15 is 0 Å². The van der Waals surface area contributed by atoms with E-state index in [-0.39, 0.29) is 42.0 Å². The average molecular weight is 436 g/mol. The van der Waals surface area contributed by atoms with Gasteiger partial charge in [0, 0.05) is 36.4 Å². The van der Waals surface area contributed by atoms with E-state index in [1.807, 2.05) is 6.92 Å². The second-order valence-corrected chi connectivity index (χ2v) is 7.37. The molecule has 2 N–H and O–H groups in total. The minimum atomic E-state index is -0.737. The number of amides is 5. The third-order valence-corrected chi connectivity index (χ3v) is 5.31. The van der Waals surface area contributed by atoms with Gasteiger partial charge in [-0.3, -0.25) is 34.6 Å². The highest BCUT2D eigenvalue weighted by atomic mass is 16.5. The zero-order chi connectivity index (χ0) is 22.8. The van der Waals surface area contributed by atoms with Crippen LogP contribution in [0.5, 0.6) is 5.88 Å². The monoisotopic (exact) mass is 436 g/mol. The Morgan fingerprint density at radius 2 is 1.91 bits per heavy atom. The van der Waals surface area contributed by atoms with Crippen LogP contribution in [0.3, 0.4) is 0 Å². The molecular weight excluding hydrogens is 416 g/mol. The number of nitrogens with zero attached hydrogens (tertiary/aromatic N) is 2. The zero-order valence-corrected chi connectivity index (χ0v) is 17.2. The normalized spacial score (nSPS) is 17.6. The lowest BCUT2D eigenvalue weighted by molar-refractivity contribution is -0.136. The molecule has 0 radical (unpaired) electrons. The number of nitrogens with one attached hydrogen (secondary N) is 2. The molecule has 3 heterocycles. The highest BCUT2D eigenvalue weighted by molar-refractivity contribution is 6.11. The van der Waals surface area contributed by atoms with Crippen molar-refractivity contribution in [3.8, 4) is 5.88 Å². The zero-order valence-electron chi connectivity index (χ0n) is 17.2. The molecule has 10 heteroatoms. The van der Waals surface area contributed by atoms with E-state index < -0.39 is 29.7 Å². The van der Waals surface area contributed by atoms with Crippen LogP contribution in [0, 0.1) is 0 Å². The second-order valence-electron chi connectivity index (χ2n) is 7.37. The van der Waals surface area contributed by atoms with Gasteiger partial charge in [0.1, 0.15) is 6.04 Å². The summed E-state index contributed by atoms with van der Waals surface area (Å²) >= 11 is 0. The molecular formula is C22H20N4O6. The second kappa shape index (κ2) is 8.58. The first kappa shape index (κ1) is 21.2. The van der Waals surface area contributed by atoms with E-state index in [1.165, 1.54) is 35.4 Å². The van der Waals surface area contributed by atoms with Gasteiger partial charge >= 0.3 is 0 Å². The molecule has 0 bridgehead atoms. The van der Waals surface area contributed by atoms with Crippen LogP contribution >= 0.6 is 0 Å². The maximum Gasteiger partial charge on any atom is 0.259 e. The summed E-state index contributed by atoms with van der Waals surface area (Å²) in [5.41, 5.74) is 1.27. The largest absolute Gasteiger partial charge is 0.478 e. The number of piperidine rings is 1. The number of carbonyl (C=O) groups excluding carboxylic acids is 5. The third kappa shape index (κ3) is 4.07. The minimum absolute atomic E-state index is 0.134. The van der Waals surface area contributed by atoms with E-state index in [0.29, 0.717) is 18.1 Å². The number of fused-ring (bicyclic) bond motifs is 1. The van der Waals surface area contributed by atoms with E-state index in [9.17, 15) is 24.0 Å². The highest BCUT2D eigenvalue weighted by Crippen LogP contribution is 2.28. The van der Waals surface area contributed by atoms with E-state index in [4.69, 9.17) is 4.74 Å². The van der Waals surface area contributed by atoms with Crippen molar-refractivity contribution in [3.63, 3.8) is 0 Å². The van der Waals surface area contributed by atoms with Crippen LogP contribution < -0.4 is 15.4 Å². The number of aromatic nitrogens is 1. The fourth-order valence-corrected chi connectivity index (χ4v) is 3.69. The van der Waals surface area contributed by atoms with Crippen LogP contribution in [-0.2, 0) is 16.1 Å². The summed E-state index contributed by atoms with van der Waals surface area (Å²) in [4.78, 5) is 66.7. The summed E-state index contributed by atoms with van der Waals surface area (Å²) in [6.07, 6.45) is 1.72. The maximum absolute atomic E-state index is 12.9. The first-order valence-corrected chi connectivity index (χ1v) is 10.1. The Morgan fingerprint density at radius 1 is 1.16 bits per heavy atom. The molecule has 0 spiro atoms. The predicted octanol–water partition coefficient (Wildman–Crippen LogP) is 0.811. The molecule has 10 nitrogen and oxygen atoms in total. The van der Waals surface area contributed by atoms with Crippen LogP contribution in [0.1, 0.15) is 56.4 Å². The molecule has 1 unspecified atom stereocenters. The molecule has 1 atom stereocenters. The summed E-state index contributed by atoms with van der Waals surface area (Å²) in [5, 5.41) is 4.52. The average Bonchev–Trinajstić information content (AvgIpc) is 3.10. The van der Waals surface area contributed by atoms with Crippen molar-refractivity contribution in [1.82, 2.24) is 20.5 Å². The van der Waals surface area contributed by atoms with Crippen LogP contribution in [0.25, 0.3) is 0 Å². The van der Waals surface area contributed by atoms with Crippen LogP contribution in [0.4, 0.5) is 0 Å². The Hall–Kier alpha value is -4.08. The van der Waals surface area contributed by atoms with E-state index in [0.717, 1.165) is 0 Å². The van der Waals surface area contributed by atoms with Crippen molar-refractivity contribution in [3.05, 3.63) is 58.8 Å². The van der Waals surface area contributed by atoms with Gasteiger partial charge in [0.15, 0.2) is 0 Å². The molecule has 5 amide bonds. The van der Waals surface area contributed by atoms with Gasteiger partial charge in [-0.05, 0) is 37.1 Å². The lowest BCUT2D eigenvalue weighted by Crippen LogP contribution is -2.52. The van der Waals surface area contributed by atoms with Gasteiger partial charge < -0.3 is 9.64 Å². The fourth-order valence-electron chi connectivity index (χ4n) is 3.69. The van der Waals surface area contributed by atoms with Gasteiger partial charge in [-0.25, -0.2) is 4.98 Å². The molecule has 1 aromatic carbocycles. The van der Waals surface area contributed by atoms with Crippen LogP contribution in [-0.4, -0.2) is 52.1 Å². The number of rotatable bonds is 5. The maximum atomic E-state index is 12.9. The van der Waals surface area contributed by atoms with Gasteiger partial charge in [0.25, 0.3) is 17.7 Å². The molecule has 0 aliphatic carbocycles. The van der Waals surface area contributed by atoms with Crippen molar-refractivity contribution in [2.45, 2.75) is 32.4 Å². The van der Waals surface area contributed by atoms with Crippen molar-refractivity contribution >= 4 is 29.5 Å². The smallest absolute Gasteiger partial charge is 0.259 e. The first-order valence-electron chi connectivity index (χ1n) is 10.1. The topological polar surface area (TPSA) is 135 Å². The lowest BCUT2D eigenvalue weighted by atomic mass is 10.0. The number of benzene rings is 1. The Morgan fingerprint density at radius 3 is 2.59 bits per heavy atom. The number of hydrogen-bond acceptors (Lipinski definition) is 7. The summed E-state index contributed by atoms with van der Waals surface area (Å²) in [6.45, 7) is 2.46. The quantitative estimate of drug-likeness (QED) is 0.662. The van der Waals surface area contributed by atoms with Gasteiger partial charge in [-0.1, -0.05) is 6.07 Å². The number of ether oxygens (including phenoxy) is 1. The molecule has 2 aliphatic rings. The third-order valence-electron chi connectivity index (χ3n) is 5.31. The van der Waals surface area contributed by atoms with Crippen molar-refractivity contribution < 1.29 is 28.7 Å². The molecule has 2 aromatic rings. The minimum Gasteiger partial charge on any atom is -0.478 e. The molecule has 1 saturated heterocycles. The van der Waals surface area contributed by atoms with Gasteiger partial charge in [-0.15, -0.1) is 0 Å². The van der Waals surface area contributed by atoms with Crippen molar-refractivity contribution in [2.75, 3.05) is 6.61 Å². The van der Waals surface area contributed by atoms with E-state index in [1.54, 1.807) is 6.07 Å². The lowest BCUT2D eigenvalue weighted by Gasteiger charge is -2.29. The van der Waals surface area contributed by atoms with E-state index in [2.05, 4.69) is 15.6 Å². The highest BCUT2D eigenvalue weighted by Gasteiger charge is 2.39. The molecule has 164 valence electrons. The number of hydrogen-bond donors (Lipinski definition) is 2. The van der Waals surface area contributed by atoms with Gasteiger partial charge in [-0.2, -0.15) is 0 Å². The molecule has 1 fully saturated rings. The molecule has 2 aliphatic heterocycles. The Bertz CT molecular complexity index is 1130. The Kier molecular flexibility index (Phi) is 5.67. The molecule has 32 heavy (non-hydrogen) atoms. The summed E-state index contributed by atoms with van der Waals surface area (Å²) < 4.78 is 5.22. The van der Waals surface area contributed by atoms with Gasteiger partial charge in [0.2, 0.25) is 17.7 Å². The number of pyridine rings is 1. The predicted molar refractivity (Wildman–Crippen MR) is 110 cm³/mol. The summed E-state index contributed by atoms with van der Waals surface area (Å²) in [5.74, 6) is -2.20. The number of imide groups is 2. The SMILES string of the molecule is CCOc1ccc(C(=O)NC(=O)c2ccc3c(c2)C(=O)N(C2CCC(=O)NC2=O)C3)cn1. The summed E-state index contributed by atoms with van der Waals surface area (Å²) in [7, 11) is 0. The standard InChI is InChI=1S/C22H20N4O6/c1-2-32-18-8-5-13(10-23-18)20(29)25-19(28)12-3-4-14-11-26(22(31)15(14)9-12)16-6-7-17(27)24-21(16)30/h3-5,8-10,16H,2,6-7,11H2,1H3,(H,24,27,30)(H,25,28,29). The fraction of sp³-hybridized carbons (Fsp3) is 0.273. The summed E-state index contributed by atoms with van der Waals surface area (Å²) in [6, 6.07) is 6.82. The molecule has 4 rings (SSSR count). The van der Waals surface area contributed by atoms with Crippen molar-refractivity contribution in [1.29, 1.82) is 0 Å². The molecule has 0 saturated carbocycles.